The second-order valence-electron chi connectivity index (χ2n) is 5.28. The summed E-state index contributed by atoms with van der Waals surface area (Å²) in [6, 6.07) is 2.07. The quantitative estimate of drug-likeness (QED) is 0.735. The highest BCUT2D eigenvalue weighted by molar-refractivity contribution is 5.74. The number of aromatic amines is 1. The van der Waals surface area contributed by atoms with Crippen molar-refractivity contribution in [1.29, 1.82) is 0 Å². The molecule has 0 aliphatic carbocycles. The maximum absolute atomic E-state index is 4.52. The highest BCUT2D eigenvalue weighted by Gasteiger charge is 2.29. The topological polar surface area (TPSA) is 58.0 Å². The summed E-state index contributed by atoms with van der Waals surface area (Å²) in [6.07, 6.45) is 6.99. The van der Waals surface area contributed by atoms with Crippen LogP contribution in [0.5, 0.6) is 0 Å². The summed E-state index contributed by atoms with van der Waals surface area (Å²) in [6.45, 7) is 4.41. The zero-order chi connectivity index (χ0) is 12.8. The Bertz CT molecular complexity index is 726. The number of hydrogen-bond donors (Lipinski definition) is 2. The largest absolute Gasteiger partial charge is 0.345 e. The average molecular weight is 255 g/mol. The summed E-state index contributed by atoms with van der Waals surface area (Å²) in [5.41, 5.74) is 4.28. The van der Waals surface area contributed by atoms with Gasteiger partial charge < -0.3 is 10.3 Å². The number of hydrogen-bond acceptors (Lipinski definition) is 3. The van der Waals surface area contributed by atoms with Gasteiger partial charge in [-0.1, -0.05) is 13.3 Å². The van der Waals surface area contributed by atoms with E-state index in [9.17, 15) is 0 Å². The van der Waals surface area contributed by atoms with Gasteiger partial charge in [0, 0.05) is 30.6 Å². The Morgan fingerprint density at radius 2 is 2.26 bits per heavy atom. The molecule has 0 unspecified atom stereocenters. The van der Waals surface area contributed by atoms with Gasteiger partial charge in [0.15, 0.2) is 11.3 Å². The summed E-state index contributed by atoms with van der Waals surface area (Å²) >= 11 is 0. The van der Waals surface area contributed by atoms with Gasteiger partial charge in [0.05, 0.1) is 11.7 Å². The molecule has 1 aliphatic heterocycles. The van der Waals surface area contributed by atoms with Crippen LogP contribution in [0.25, 0.3) is 16.8 Å². The van der Waals surface area contributed by atoms with E-state index in [1.54, 1.807) is 0 Å². The van der Waals surface area contributed by atoms with E-state index in [-0.39, 0.29) is 0 Å². The number of imidazole rings is 1. The molecule has 3 aromatic rings. The van der Waals surface area contributed by atoms with Crippen LogP contribution in [-0.4, -0.2) is 32.4 Å². The van der Waals surface area contributed by atoms with Crippen LogP contribution in [0.2, 0.25) is 0 Å². The van der Waals surface area contributed by atoms with E-state index in [1.807, 2.05) is 18.6 Å². The molecule has 2 atom stereocenters. The SMILES string of the molecule is CC[C@@H]1CNC[C@@H]1c1cnc2cnc3[nH]ccc3n12. The minimum absolute atomic E-state index is 0.542. The average Bonchev–Trinajstić information content (AvgIpc) is 3.15. The molecule has 0 spiro atoms. The third kappa shape index (κ3) is 1.51. The molecule has 2 N–H and O–H groups in total. The molecule has 1 saturated heterocycles. The van der Waals surface area contributed by atoms with E-state index in [2.05, 4.69) is 37.7 Å². The monoisotopic (exact) mass is 255 g/mol. The van der Waals surface area contributed by atoms with Gasteiger partial charge in [-0.3, -0.25) is 4.40 Å². The number of fused-ring (bicyclic) bond motifs is 3. The predicted octanol–water partition coefficient (Wildman–Crippen LogP) is 1.92. The van der Waals surface area contributed by atoms with Crippen LogP contribution in [0.3, 0.4) is 0 Å². The minimum Gasteiger partial charge on any atom is -0.345 e. The summed E-state index contributed by atoms with van der Waals surface area (Å²) in [5.74, 6) is 1.24. The van der Waals surface area contributed by atoms with Crippen molar-refractivity contribution in [2.24, 2.45) is 5.92 Å². The number of H-pyrrole nitrogens is 1. The Labute approximate surface area is 111 Å². The van der Waals surface area contributed by atoms with Crippen molar-refractivity contribution >= 4 is 16.8 Å². The van der Waals surface area contributed by atoms with Gasteiger partial charge in [-0.25, -0.2) is 9.97 Å². The minimum atomic E-state index is 0.542. The Morgan fingerprint density at radius 1 is 1.32 bits per heavy atom. The molecule has 0 saturated carbocycles. The van der Waals surface area contributed by atoms with Gasteiger partial charge in [0.25, 0.3) is 0 Å². The van der Waals surface area contributed by atoms with Gasteiger partial charge in [-0.05, 0) is 18.5 Å². The van der Waals surface area contributed by atoms with E-state index in [1.165, 1.54) is 12.1 Å². The fraction of sp³-hybridized carbons (Fsp3) is 0.429. The standard InChI is InChI=1S/C14H17N5/c1-2-9-5-15-6-10(9)12-7-17-13-8-18-14-11(19(12)13)3-4-16-14/h3-4,7-10,15-16H,2,5-6H2,1H3/t9-,10+/m1/s1. The number of nitrogens with zero attached hydrogens (tertiary/aromatic N) is 3. The molecule has 0 bridgehead atoms. The lowest BCUT2D eigenvalue weighted by Gasteiger charge is -2.16. The molecule has 4 heterocycles. The Morgan fingerprint density at radius 3 is 3.16 bits per heavy atom. The van der Waals surface area contributed by atoms with Crippen LogP contribution in [0.1, 0.15) is 25.0 Å². The Balaban J connectivity index is 1.96. The summed E-state index contributed by atoms with van der Waals surface area (Å²) < 4.78 is 2.25. The fourth-order valence-corrected chi connectivity index (χ4v) is 3.26. The van der Waals surface area contributed by atoms with Crippen LogP contribution < -0.4 is 5.32 Å². The first-order valence-electron chi connectivity index (χ1n) is 6.88. The van der Waals surface area contributed by atoms with Gasteiger partial charge >= 0.3 is 0 Å². The third-order valence-corrected chi connectivity index (χ3v) is 4.31. The highest BCUT2D eigenvalue weighted by atomic mass is 15.1. The fourth-order valence-electron chi connectivity index (χ4n) is 3.26. The lowest BCUT2D eigenvalue weighted by atomic mass is 9.91. The molecule has 0 amide bonds. The zero-order valence-electron chi connectivity index (χ0n) is 10.9. The molecule has 0 aromatic carbocycles. The smallest absolute Gasteiger partial charge is 0.156 e. The molecule has 19 heavy (non-hydrogen) atoms. The molecule has 1 aliphatic rings. The molecular formula is C14H17N5. The lowest BCUT2D eigenvalue weighted by molar-refractivity contribution is 0.493. The second-order valence-corrected chi connectivity index (χ2v) is 5.28. The first-order chi connectivity index (χ1) is 9.38. The molecule has 5 nitrogen and oxygen atoms in total. The van der Waals surface area contributed by atoms with Gasteiger partial charge in [0.1, 0.15) is 0 Å². The van der Waals surface area contributed by atoms with Crippen molar-refractivity contribution in [2.45, 2.75) is 19.3 Å². The molecule has 3 aromatic heterocycles. The van der Waals surface area contributed by atoms with E-state index >= 15 is 0 Å². The molecule has 1 fully saturated rings. The van der Waals surface area contributed by atoms with Crippen molar-refractivity contribution in [3.8, 4) is 0 Å². The zero-order valence-corrected chi connectivity index (χ0v) is 10.9. The maximum Gasteiger partial charge on any atom is 0.156 e. The van der Waals surface area contributed by atoms with Crippen molar-refractivity contribution in [3.63, 3.8) is 0 Å². The lowest BCUT2D eigenvalue weighted by Crippen LogP contribution is -2.12. The maximum atomic E-state index is 4.52. The Kier molecular flexibility index (Phi) is 2.35. The summed E-state index contributed by atoms with van der Waals surface area (Å²) in [4.78, 5) is 12.1. The van der Waals surface area contributed by atoms with Crippen LogP contribution >= 0.6 is 0 Å². The van der Waals surface area contributed by atoms with Crippen molar-refractivity contribution in [3.05, 3.63) is 30.4 Å². The van der Waals surface area contributed by atoms with Crippen LogP contribution in [0, 0.1) is 5.92 Å². The van der Waals surface area contributed by atoms with E-state index < -0.39 is 0 Å². The van der Waals surface area contributed by atoms with Crippen molar-refractivity contribution in [1.82, 2.24) is 24.7 Å². The van der Waals surface area contributed by atoms with Gasteiger partial charge in [0.2, 0.25) is 0 Å². The molecule has 5 heteroatoms. The van der Waals surface area contributed by atoms with Crippen LogP contribution in [0.15, 0.2) is 24.7 Å². The predicted molar refractivity (Wildman–Crippen MR) is 74.2 cm³/mol. The van der Waals surface area contributed by atoms with Gasteiger partial charge in [-0.2, -0.15) is 0 Å². The normalized spacial score (nSPS) is 23.6. The van der Waals surface area contributed by atoms with Crippen molar-refractivity contribution in [2.75, 3.05) is 13.1 Å². The second kappa shape index (κ2) is 4.06. The molecule has 4 rings (SSSR count). The molecule has 0 radical (unpaired) electrons. The molecule has 98 valence electrons. The first-order valence-corrected chi connectivity index (χ1v) is 6.88. The van der Waals surface area contributed by atoms with E-state index in [0.29, 0.717) is 11.8 Å². The number of nitrogens with one attached hydrogen (secondary N) is 2. The number of aromatic nitrogens is 4. The highest BCUT2D eigenvalue weighted by Crippen LogP contribution is 2.31. The third-order valence-electron chi connectivity index (χ3n) is 4.31. The molecular weight excluding hydrogens is 238 g/mol. The number of rotatable bonds is 2. The summed E-state index contributed by atoms with van der Waals surface area (Å²) in [7, 11) is 0. The van der Waals surface area contributed by atoms with Gasteiger partial charge in [-0.15, -0.1) is 0 Å². The first kappa shape index (κ1) is 11.0. The van der Waals surface area contributed by atoms with Crippen LogP contribution in [-0.2, 0) is 0 Å². The Hall–Kier alpha value is -1.88. The summed E-state index contributed by atoms with van der Waals surface area (Å²) in [5, 5.41) is 3.50. The van der Waals surface area contributed by atoms with E-state index in [0.717, 1.165) is 29.9 Å². The van der Waals surface area contributed by atoms with Crippen LogP contribution in [0.4, 0.5) is 0 Å². The van der Waals surface area contributed by atoms with E-state index in [4.69, 9.17) is 0 Å². The van der Waals surface area contributed by atoms with Crippen molar-refractivity contribution < 1.29 is 0 Å².